The first kappa shape index (κ1) is 9.14. The summed E-state index contributed by atoms with van der Waals surface area (Å²) < 4.78 is 0. The summed E-state index contributed by atoms with van der Waals surface area (Å²) >= 11 is 0. The van der Waals surface area contributed by atoms with Crippen LogP contribution in [-0.2, 0) is 0 Å². The van der Waals surface area contributed by atoms with Crippen LogP contribution in [0.4, 0.5) is 0 Å². The molecule has 14 heavy (non-hydrogen) atoms. The molecular formula is C11H13N3. The Labute approximate surface area is 83.9 Å². The van der Waals surface area contributed by atoms with E-state index in [1.165, 1.54) is 5.71 Å². The average Bonchev–Trinajstić information content (AvgIpc) is 2.30. The summed E-state index contributed by atoms with van der Waals surface area (Å²) in [5, 5.41) is 8.73. The molecule has 1 unspecified atom stereocenters. The van der Waals surface area contributed by atoms with Gasteiger partial charge in [-0.25, -0.2) is 0 Å². The highest BCUT2D eigenvalue weighted by atomic mass is 14.8. The van der Waals surface area contributed by atoms with Crippen LogP contribution in [0.15, 0.2) is 22.3 Å². The lowest BCUT2D eigenvalue weighted by Gasteiger charge is -2.21. The minimum Gasteiger partial charge on any atom is -0.292 e. The molecule has 0 saturated heterocycles. The van der Waals surface area contributed by atoms with Gasteiger partial charge in [0.1, 0.15) is 0 Å². The Morgan fingerprint density at radius 1 is 1.50 bits per heavy atom. The van der Waals surface area contributed by atoms with Gasteiger partial charge in [0.05, 0.1) is 18.5 Å². The van der Waals surface area contributed by atoms with Crippen molar-refractivity contribution in [2.75, 3.05) is 6.54 Å². The number of hydrogen-bond acceptors (Lipinski definition) is 3. The molecule has 0 saturated carbocycles. The van der Waals surface area contributed by atoms with E-state index >= 15 is 0 Å². The van der Waals surface area contributed by atoms with Gasteiger partial charge in [-0.1, -0.05) is 6.08 Å². The predicted molar refractivity (Wildman–Crippen MR) is 56.4 cm³/mol. The van der Waals surface area contributed by atoms with Gasteiger partial charge in [0, 0.05) is 24.0 Å². The van der Waals surface area contributed by atoms with E-state index in [2.05, 4.69) is 22.1 Å². The molecule has 3 heteroatoms. The number of hydrogen-bond donors (Lipinski definition) is 0. The Morgan fingerprint density at radius 2 is 2.43 bits per heavy atom. The van der Waals surface area contributed by atoms with Gasteiger partial charge in [-0.15, -0.1) is 0 Å². The highest BCUT2D eigenvalue weighted by Gasteiger charge is 2.20. The van der Waals surface area contributed by atoms with E-state index in [4.69, 9.17) is 5.26 Å². The van der Waals surface area contributed by atoms with Crippen LogP contribution < -0.4 is 0 Å². The zero-order valence-corrected chi connectivity index (χ0v) is 8.06. The molecule has 2 rings (SSSR count). The first-order valence-electron chi connectivity index (χ1n) is 5.01. The van der Waals surface area contributed by atoms with Gasteiger partial charge in [0.25, 0.3) is 0 Å². The summed E-state index contributed by atoms with van der Waals surface area (Å²) in [7, 11) is 0. The summed E-state index contributed by atoms with van der Waals surface area (Å²) in [5.41, 5.74) is 1.25. The molecule has 0 amide bonds. The maximum atomic E-state index is 8.73. The molecule has 2 aliphatic heterocycles. The van der Waals surface area contributed by atoms with Crippen molar-refractivity contribution in [1.82, 2.24) is 0 Å². The van der Waals surface area contributed by atoms with Gasteiger partial charge in [-0.2, -0.15) is 5.26 Å². The summed E-state index contributed by atoms with van der Waals surface area (Å²) in [6, 6.07) is 2.28. The highest BCUT2D eigenvalue weighted by Crippen LogP contribution is 2.21. The lowest BCUT2D eigenvalue weighted by atomic mass is 9.90. The molecule has 0 aromatic carbocycles. The molecule has 2 atom stereocenters. The number of rotatable bonds is 1. The molecule has 0 N–H and O–H groups in total. The monoisotopic (exact) mass is 187 g/mol. The molecule has 0 aromatic heterocycles. The van der Waals surface area contributed by atoms with E-state index in [-0.39, 0.29) is 5.92 Å². The van der Waals surface area contributed by atoms with Crippen molar-refractivity contribution >= 4 is 11.9 Å². The van der Waals surface area contributed by atoms with E-state index in [0.29, 0.717) is 12.5 Å². The fraction of sp³-hybridized carbons (Fsp3) is 0.545. The normalized spacial score (nSPS) is 30.9. The molecule has 0 radical (unpaired) electrons. The summed E-state index contributed by atoms with van der Waals surface area (Å²) in [5.74, 6) is 0.576. The topological polar surface area (TPSA) is 48.5 Å². The fourth-order valence-corrected chi connectivity index (χ4v) is 1.84. The molecule has 0 spiro atoms. The second-order valence-electron chi connectivity index (χ2n) is 3.71. The van der Waals surface area contributed by atoms with Crippen molar-refractivity contribution in [3.8, 4) is 6.07 Å². The van der Waals surface area contributed by atoms with Gasteiger partial charge in [-0.05, 0) is 19.3 Å². The molecule has 0 fully saturated rings. The smallest absolute Gasteiger partial charge is 0.0675 e. The van der Waals surface area contributed by atoms with Crippen LogP contribution in [0.25, 0.3) is 0 Å². The van der Waals surface area contributed by atoms with E-state index in [1.807, 2.05) is 12.4 Å². The lowest BCUT2D eigenvalue weighted by molar-refractivity contribution is 0.591. The molecule has 72 valence electrons. The van der Waals surface area contributed by atoms with Crippen LogP contribution in [-0.4, -0.2) is 18.5 Å². The molecule has 0 bridgehead atoms. The van der Waals surface area contributed by atoms with E-state index in [9.17, 15) is 0 Å². The van der Waals surface area contributed by atoms with Crippen LogP contribution in [0.3, 0.4) is 0 Å². The molecule has 0 aliphatic carbocycles. The van der Waals surface area contributed by atoms with E-state index in [0.717, 1.165) is 19.3 Å². The molecule has 0 aromatic rings. The van der Waals surface area contributed by atoms with Crippen LogP contribution in [0.1, 0.15) is 19.3 Å². The lowest BCUT2D eigenvalue weighted by Crippen LogP contribution is -2.21. The maximum Gasteiger partial charge on any atom is 0.0675 e. The number of nitrogens with zero attached hydrogens (tertiary/aromatic N) is 3. The standard InChI is InChI=1S/C11H13N3/c12-7-9-1-2-11(14-8-9)10-3-5-13-6-4-10/h3,5-6,9-10H,1-2,4,8H2/t9-,10?/m0/s1. The van der Waals surface area contributed by atoms with Crippen molar-refractivity contribution in [2.45, 2.75) is 19.3 Å². The third-order valence-corrected chi connectivity index (χ3v) is 2.74. The Morgan fingerprint density at radius 3 is 3.00 bits per heavy atom. The third kappa shape index (κ3) is 1.90. The van der Waals surface area contributed by atoms with Crippen molar-refractivity contribution in [2.24, 2.45) is 21.8 Å². The van der Waals surface area contributed by atoms with Crippen molar-refractivity contribution in [3.05, 3.63) is 12.3 Å². The summed E-state index contributed by atoms with van der Waals surface area (Å²) in [4.78, 5) is 8.53. The van der Waals surface area contributed by atoms with Crippen LogP contribution in [0, 0.1) is 23.2 Å². The summed E-state index contributed by atoms with van der Waals surface area (Å²) in [6.07, 6.45) is 8.78. The predicted octanol–water partition coefficient (Wildman–Crippen LogP) is 1.97. The first-order valence-corrected chi connectivity index (χ1v) is 5.01. The Hall–Kier alpha value is -1.43. The Bertz CT molecular complexity index is 333. The number of allylic oxidation sites excluding steroid dienone is 1. The van der Waals surface area contributed by atoms with Crippen LogP contribution in [0.5, 0.6) is 0 Å². The van der Waals surface area contributed by atoms with Crippen molar-refractivity contribution < 1.29 is 0 Å². The third-order valence-electron chi connectivity index (χ3n) is 2.74. The van der Waals surface area contributed by atoms with Crippen molar-refractivity contribution in [3.63, 3.8) is 0 Å². The number of nitriles is 1. The van der Waals surface area contributed by atoms with Crippen LogP contribution >= 0.6 is 0 Å². The van der Waals surface area contributed by atoms with Gasteiger partial charge in [-0.3, -0.25) is 9.98 Å². The van der Waals surface area contributed by atoms with E-state index in [1.54, 1.807) is 0 Å². The van der Waals surface area contributed by atoms with Gasteiger partial charge < -0.3 is 0 Å². The second-order valence-corrected chi connectivity index (χ2v) is 3.71. The Balaban J connectivity index is 2.00. The highest BCUT2D eigenvalue weighted by molar-refractivity contribution is 5.91. The average molecular weight is 187 g/mol. The maximum absolute atomic E-state index is 8.73. The summed E-state index contributed by atoms with van der Waals surface area (Å²) in [6.45, 7) is 0.688. The van der Waals surface area contributed by atoms with E-state index < -0.39 is 0 Å². The first-order chi connectivity index (χ1) is 6.90. The minimum atomic E-state index is 0.139. The number of aliphatic imine (C=N–C) groups is 2. The Kier molecular flexibility index (Phi) is 2.73. The zero-order chi connectivity index (χ0) is 9.80. The quantitative estimate of drug-likeness (QED) is 0.619. The molecular weight excluding hydrogens is 174 g/mol. The van der Waals surface area contributed by atoms with Gasteiger partial charge in [0.2, 0.25) is 0 Å². The molecule has 3 nitrogen and oxygen atoms in total. The SMILES string of the molecule is N#C[C@@H]1CCC(C2C=CN=CC2)=NC1. The van der Waals surface area contributed by atoms with Crippen molar-refractivity contribution in [1.29, 1.82) is 5.26 Å². The second kappa shape index (κ2) is 4.19. The molecule has 2 heterocycles. The minimum absolute atomic E-state index is 0.139. The van der Waals surface area contributed by atoms with Gasteiger partial charge in [0.15, 0.2) is 0 Å². The largest absolute Gasteiger partial charge is 0.292 e. The van der Waals surface area contributed by atoms with Crippen LogP contribution in [0.2, 0.25) is 0 Å². The fourth-order valence-electron chi connectivity index (χ4n) is 1.84. The van der Waals surface area contributed by atoms with Gasteiger partial charge >= 0.3 is 0 Å². The zero-order valence-electron chi connectivity index (χ0n) is 8.06. The molecule has 2 aliphatic rings.